The van der Waals surface area contributed by atoms with Crippen molar-refractivity contribution in [2.24, 2.45) is 5.92 Å². The highest BCUT2D eigenvalue weighted by Gasteiger charge is 2.19. The van der Waals surface area contributed by atoms with E-state index in [1.807, 2.05) is 0 Å². The molecule has 0 heterocycles. The molecule has 0 heteroatoms. The zero-order chi connectivity index (χ0) is 27.5. The Bertz CT molecular complexity index is 986. The fourth-order valence-corrected chi connectivity index (χ4v) is 4.71. The lowest BCUT2D eigenvalue weighted by Gasteiger charge is -2.26. The third kappa shape index (κ3) is 12.6. The maximum absolute atomic E-state index is 4.19. The minimum absolute atomic E-state index is 0.840. The van der Waals surface area contributed by atoms with Gasteiger partial charge in [-0.15, -0.1) is 26.3 Å². The van der Waals surface area contributed by atoms with Crippen LogP contribution >= 0.6 is 0 Å². The Morgan fingerprint density at radius 1 is 0.730 bits per heavy atom. The first-order valence-corrected chi connectivity index (χ1v) is 13.9. The van der Waals surface area contributed by atoms with Gasteiger partial charge in [-0.3, -0.25) is 0 Å². The van der Waals surface area contributed by atoms with Crippen LogP contribution in [0.2, 0.25) is 0 Å². The summed E-state index contributed by atoms with van der Waals surface area (Å²) in [5.41, 5.74) is 8.45. The molecule has 0 radical (unpaired) electrons. The average molecular weight is 495 g/mol. The Kier molecular flexibility index (Phi) is 16.4. The number of allylic oxidation sites excluding steroid dienone is 1. The molecule has 0 unspecified atom stereocenters. The van der Waals surface area contributed by atoms with Crippen molar-refractivity contribution >= 4 is 0 Å². The first kappa shape index (κ1) is 31.9. The molecule has 0 aromatic heterocycles. The normalized spacial score (nSPS) is 16.0. The molecule has 0 spiro atoms. The van der Waals surface area contributed by atoms with Gasteiger partial charge in [-0.25, -0.2) is 0 Å². The smallest absolute Gasteiger partial charge is 0.00697 e. The number of hydrogen-bond acceptors (Lipinski definition) is 0. The van der Waals surface area contributed by atoms with E-state index in [4.69, 9.17) is 0 Å². The number of rotatable bonds is 7. The van der Waals surface area contributed by atoms with E-state index >= 15 is 0 Å². The Labute approximate surface area is 228 Å². The third-order valence-electron chi connectivity index (χ3n) is 7.03. The first-order valence-electron chi connectivity index (χ1n) is 13.9. The molecular weight excluding hydrogens is 444 g/mol. The van der Waals surface area contributed by atoms with Crippen LogP contribution in [0, 0.1) is 12.8 Å². The Morgan fingerprint density at radius 2 is 1.32 bits per heavy atom. The van der Waals surface area contributed by atoms with E-state index in [1.54, 1.807) is 5.56 Å². The number of benzene rings is 3. The second kappa shape index (κ2) is 19.1. The first-order chi connectivity index (χ1) is 18.0. The number of aryl methyl sites for hydroxylation is 3. The maximum Gasteiger partial charge on any atom is -0.00697 e. The summed E-state index contributed by atoms with van der Waals surface area (Å²) in [6.07, 6.45) is 9.94. The molecule has 1 aliphatic rings. The second-order valence-corrected chi connectivity index (χ2v) is 9.95. The van der Waals surface area contributed by atoms with Gasteiger partial charge in [0.05, 0.1) is 0 Å². The summed E-state index contributed by atoms with van der Waals surface area (Å²) in [6.45, 7) is 22.9. The van der Waals surface area contributed by atoms with Gasteiger partial charge in [-0.2, -0.15) is 0 Å². The highest BCUT2D eigenvalue weighted by Crippen LogP contribution is 2.35. The van der Waals surface area contributed by atoms with Gasteiger partial charge in [0.15, 0.2) is 0 Å². The van der Waals surface area contributed by atoms with Crippen LogP contribution in [0.4, 0.5) is 0 Å². The van der Waals surface area contributed by atoms with Gasteiger partial charge in [0.2, 0.25) is 0 Å². The van der Waals surface area contributed by atoms with Crippen LogP contribution in [-0.2, 0) is 19.3 Å². The van der Waals surface area contributed by atoms with Gasteiger partial charge in [-0.1, -0.05) is 123 Å². The van der Waals surface area contributed by atoms with Crippen molar-refractivity contribution in [3.05, 3.63) is 145 Å². The van der Waals surface area contributed by atoms with Crippen molar-refractivity contribution in [1.82, 2.24) is 0 Å². The van der Waals surface area contributed by atoms with E-state index in [0.29, 0.717) is 0 Å². The van der Waals surface area contributed by atoms with E-state index in [2.05, 4.69) is 133 Å². The Morgan fingerprint density at radius 3 is 1.92 bits per heavy atom. The molecule has 1 saturated carbocycles. The maximum atomic E-state index is 4.19. The van der Waals surface area contributed by atoms with E-state index in [1.165, 1.54) is 53.5 Å². The summed E-state index contributed by atoms with van der Waals surface area (Å²) in [4.78, 5) is 0. The van der Waals surface area contributed by atoms with Gasteiger partial charge < -0.3 is 0 Å². The van der Waals surface area contributed by atoms with Crippen LogP contribution in [0.3, 0.4) is 0 Å². The Balaban J connectivity index is 0.000000330. The molecule has 0 N–H and O–H groups in total. The fourth-order valence-electron chi connectivity index (χ4n) is 4.71. The van der Waals surface area contributed by atoms with Gasteiger partial charge in [0.25, 0.3) is 0 Å². The molecule has 0 bridgehead atoms. The van der Waals surface area contributed by atoms with E-state index in [9.17, 15) is 0 Å². The fraction of sp³-hybridized carbons (Fsp3) is 0.351. The van der Waals surface area contributed by atoms with E-state index in [-0.39, 0.29) is 0 Å². The molecule has 37 heavy (non-hydrogen) atoms. The van der Waals surface area contributed by atoms with Gasteiger partial charge in [0, 0.05) is 0 Å². The van der Waals surface area contributed by atoms with Crippen molar-refractivity contribution in [3.8, 4) is 0 Å². The van der Waals surface area contributed by atoms with Gasteiger partial charge in [-0.05, 0) is 79.5 Å². The van der Waals surface area contributed by atoms with Crippen molar-refractivity contribution < 1.29 is 0 Å². The zero-order valence-electron chi connectivity index (χ0n) is 23.9. The van der Waals surface area contributed by atoms with Crippen molar-refractivity contribution in [2.45, 2.75) is 78.1 Å². The largest absolute Gasteiger partial charge is 0.106 e. The molecule has 1 fully saturated rings. The summed E-state index contributed by atoms with van der Waals surface area (Å²) < 4.78 is 0. The molecule has 3 aromatic carbocycles. The van der Waals surface area contributed by atoms with E-state index in [0.717, 1.165) is 37.5 Å². The minimum atomic E-state index is 0.840. The molecule has 0 aliphatic heterocycles. The predicted octanol–water partition coefficient (Wildman–Crippen LogP) is 10.9. The minimum Gasteiger partial charge on any atom is -0.106 e. The van der Waals surface area contributed by atoms with Crippen LogP contribution in [-0.4, -0.2) is 0 Å². The van der Waals surface area contributed by atoms with Crippen LogP contribution in [0.25, 0.3) is 0 Å². The van der Waals surface area contributed by atoms with Crippen molar-refractivity contribution in [1.29, 1.82) is 0 Å². The molecule has 198 valence electrons. The summed E-state index contributed by atoms with van der Waals surface area (Å²) >= 11 is 0. The highest BCUT2D eigenvalue weighted by atomic mass is 14.2. The summed E-state index contributed by atoms with van der Waals surface area (Å²) in [7, 11) is 0. The van der Waals surface area contributed by atoms with Crippen LogP contribution in [0.5, 0.6) is 0 Å². The molecule has 1 aliphatic carbocycles. The lowest BCUT2D eigenvalue weighted by Crippen LogP contribution is -2.10. The molecule has 0 saturated heterocycles. The monoisotopic (exact) mass is 494 g/mol. The topological polar surface area (TPSA) is 0 Å². The van der Waals surface area contributed by atoms with Crippen LogP contribution in [0.15, 0.2) is 117 Å². The third-order valence-corrected chi connectivity index (χ3v) is 7.03. The lowest BCUT2D eigenvalue weighted by molar-refractivity contribution is 0.348. The number of hydrogen-bond donors (Lipinski definition) is 0. The molecule has 0 atom stereocenters. The zero-order valence-corrected chi connectivity index (χ0v) is 23.9. The van der Waals surface area contributed by atoms with Gasteiger partial charge >= 0.3 is 0 Å². The predicted molar refractivity (Wildman–Crippen MR) is 167 cm³/mol. The molecule has 0 amide bonds. The van der Waals surface area contributed by atoms with Crippen LogP contribution in [0.1, 0.15) is 79.7 Å². The van der Waals surface area contributed by atoms with Crippen molar-refractivity contribution in [2.75, 3.05) is 0 Å². The quantitative estimate of drug-likeness (QED) is 0.286. The Hall–Kier alpha value is -3.12. The van der Waals surface area contributed by atoms with Crippen molar-refractivity contribution in [3.63, 3.8) is 0 Å². The average Bonchev–Trinajstić information content (AvgIpc) is 2.97. The summed E-state index contributed by atoms with van der Waals surface area (Å²) in [5.74, 6) is 1.79. The van der Waals surface area contributed by atoms with Crippen LogP contribution < -0.4 is 0 Å². The summed E-state index contributed by atoms with van der Waals surface area (Å²) in [5, 5.41) is 0. The SMILES string of the molecule is C=C.C=C.C=C(CCc1ccccc1)Cc1ccc(C)cc1.CCc1cccc(C2CCC(C)CC2)c1. The molecule has 4 rings (SSSR count). The standard InChI is InChI=1S/C18H20.C15H22.2C2H4/c1-15-8-12-18(13-9-15)14-16(2)10-11-17-6-4-3-5-7-17;1-3-13-5-4-6-15(11-13)14-9-7-12(2)8-10-14;2*1-2/h3-9,12-13H,2,10-11,14H2,1H3;4-6,11-12,14H,3,7-10H2,1-2H3;2*1-2H2. The van der Waals surface area contributed by atoms with Gasteiger partial charge in [0.1, 0.15) is 0 Å². The molecule has 3 aromatic rings. The molecule has 0 nitrogen and oxygen atoms in total. The second-order valence-electron chi connectivity index (χ2n) is 9.95. The molecular formula is C37H50. The highest BCUT2D eigenvalue weighted by molar-refractivity contribution is 5.27. The van der Waals surface area contributed by atoms with E-state index < -0.39 is 0 Å². The lowest BCUT2D eigenvalue weighted by atomic mass is 9.79. The summed E-state index contributed by atoms with van der Waals surface area (Å²) in [6, 6.07) is 28.5.